The van der Waals surface area contributed by atoms with Crippen molar-refractivity contribution in [3.05, 3.63) is 29.1 Å². The predicted molar refractivity (Wildman–Crippen MR) is 223 cm³/mol. The largest absolute Gasteiger partial charge is 0.258 e. The van der Waals surface area contributed by atoms with Gasteiger partial charge in [0.1, 0.15) is 0 Å². The third kappa shape index (κ3) is 32.8. The highest BCUT2D eigenvalue weighted by Gasteiger charge is 2.05. The van der Waals surface area contributed by atoms with Gasteiger partial charge in [-0.2, -0.15) is 0 Å². The van der Waals surface area contributed by atoms with Crippen molar-refractivity contribution in [1.29, 1.82) is 0 Å². The number of aromatic nitrogens is 1. The number of pyridine rings is 1. The van der Waals surface area contributed by atoms with E-state index < -0.39 is 0 Å². The van der Waals surface area contributed by atoms with E-state index >= 15 is 0 Å². The maximum Gasteiger partial charge on any atom is 0.0409 e. The smallest absolute Gasteiger partial charge is 0.0409 e. The molecule has 0 aliphatic heterocycles. The number of hydrogen-bond donors (Lipinski definition) is 0. The molecule has 288 valence electrons. The Morgan fingerprint density at radius 3 is 0.714 bits per heavy atom. The van der Waals surface area contributed by atoms with Crippen molar-refractivity contribution >= 4 is 0 Å². The van der Waals surface area contributed by atoms with E-state index in [2.05, 4.69) is 32.9 Å². The van der Waals surface area contributed by atoms with Crippen molar-refractivity contribution in [3.8, 4) is 0 Å². The summed E-state index contributed by atoms with van der Waals surface area (Å²) in [6.07, 6.45) is 56.8. The maximum atomic E-state index is 5.14. The number of rotatable bonds is 40. The summed E-state index contributed by atoms with van der Waals surface area (Å²) in [7, 11) is 0. The molecule has 1 aromatic heterocycles. The van der Waals surface area contributed by atoms with Crippen LogP contribution in [0.25, 0.3) is 0 Å². The van der Waals surface area contributed by atoms with Gasteiger partial charge in [0, 0.05) is 11.4 Å². The summed E-state index contributed by atoms with van der Waals surface area (Å²) in [5, 5.41) is 0. The van der Waals surface area contributed by atoms with Crippen LogP contribution >= 0.6 is 0 Å². The Bertz CT molecular complexity index is 710. The minimum Gasteiger partial charge on any atom is -0.258 e. The lowest BCUT2D eigenvalue weighted by Crippen LogP contribution is -2.00. The summed E-state index contributed by atoms with van der Waals surface area (Å²) >= 11 is 0. The molecule has 0 unspecified atom stereocenters. The standard InChI is InChI=1S/C48H91N/c1-4-7-9-11-13-15-17-19-21-23-25-27-29-31-33-35-37-39-42-47-44-46(41-6-3)45-48(49-47)43-40-38-36-34-32-30-28-26-24-22-20-18-16-14-12-10-8-5-2/h44-45H,4-43H2,1-3H3. The summed E-state index contributed by atoms with van der Waals surface area (Å²) in [4.78, 5) is 5.14. The third-order valence-corrected chi connectivity index (χ3v) is 11.1. The molecule has 1 heteroatoms. The first-order valence-corrected chi connectivity index (χ1v) is 23.3. The van der Waals surface area contributed by atoms with Gasteiger partial charge in [0.05, 0.1) is 0 Å². The molecule has 0 bridgehead atoms. The molecule has 1 heterocycles. The molecular formula is C48H91N. The Kier molecular flexibility index (Phi) is 36.2. The Labute approximate surface area is 310 Å². The van der Waals surface area contributed by atoms with Crippen LogP contribution in [0, 0.1) is 0 Å². The summed E-state index contributed by atoms with van der Waals surface area (Å²) in [5.41, 5.74) is 4.28. The van der Waals surface area contributed by atoms with Crippen molar-refractivity contribution in [1.82, 2.24) is 4.98 Å². The SMILES string of the molecule is CCCCCCCCCCCCCCCCCCCCc1cc(CCC)cc(CCCCCCCCCCCCCCCCCCCC)n1. The minimum atomic E-state index is 1.18. The molecule has 0 spiro atoms. The lowest BCUT2D eigenvalue weighted by Gasteiger charge is -2.09. The van der Waals surface area contributed by atoms with Crippen molar-refractivity contribution in [2.75, 3.05) is 0 Å². The molecule has 0 fully saturated rings. The van der Waals surface area contributed by atoms with E-state index in [0.717, 1.165) is 0 Å². The number of aryl methyl sites for hydroxylation is 3. The van der Waals surface area contributed by atoms with Crippen LogP contribution in [0.3, 0.4) is 0 Å². The molecule has 0 N–H and O–H groups in total. The molecule has 0 saturated carbocycles. The average molecular weight is 682 g/mol. The van der Waals surface area contributed by atoms with E-state index in [1.807, 2.05) is 0 Å². The highest BCUT2D eigenvalue weighted by molar-refractivity contribution is 5.22. The van der Waals surface area contributed by atoms with Crippen LogP contribution in [0.1, 0.15) is 275 Å². The van der Waals surface area contributed by atoms with Gasteiger partial charge < -0.3 is 0 Å². The first-order valence-electron chi connectivity index (χ1n) is 23.3. The van der Waals surface area contributed by atoms with E-state index in [1.165, 1.54) is 274 Å². The van der Waals surface area contributed by atoms with Gasteiger partial charge in [-0.25, -0.2) is 0 Å². The van der Waals surface area contributed by atoms with E-state index in [0.29, 0.717) is 0 Å². The number of hydrogen-bond acceptors (Lipinski definition) is 1. The quantitative estimate of drug-likeness (QED) is 0.0628. The van der Waals surface area contributed by atoms with Gasteiger partial charge in [0.15, 0.2) is 0 Å². The van der Waals surface area contributed by atoms with E-state index in [4.69, 9.17) is 4.98 Å². The van der Waals surface area contributed by atoms with Crippen LogP contribution in [0.15, 0.2) is 12.1 Å². The fourth-order valence-corrected chi connectivity index (χ4v) is 7.82. The molecule has 0 aliphatic rings. The molecular weight excluding hydrogens is 591 g/mol. The van der Waals surface area contributed by atoms with Crippen LogP contribution in [0.5, 0.6) is 0 Å². The summed E-state index contributed by atoms with van der Waals surface area (Å²) < 4.78 is 0. The zero-order chi connectivity index (χ0) is 35.1. The summed E-state index contributed by atoms with van der Waals surface area (Å²) in [6, 6.07) is 4.85. The van der Waals surface area contributed by atoms with Gasteiger partial charge >= 0.3 is 0 Å². The van der Waals surface area contributed by atoms with Crippen LogP contribution in [0.4, 0.5) is 0 Å². The first kappa shape index (κ1) is 46.2. The number of unbranched alkanes of at least 4 members (excludes halogenated alkanes) is 34. The second-order valence-corrected chi connectivity index (χ2v) is 16.2. The highest BCUT2D eigenvalue weighted by Crippen LogP contribution is 2.18. The lowest BCUT2D eigenvalue weighted by atomic mass is 10.0. The second-order valence-electron chi connectivity index (χ2n) is 16.2. The van der Waals surface area contributed by atoms with Gasteiger partial charge in [-0.15, -0.1) is 0 Å². The zero-order valence-corrected chi connectivity index (χ0v) is 34.4. The second kappa shape index (κ2) is 38.4. The Morgan fingerprint density at radius 2 is 0.490 bits per heavy atom. The monoisotopic (exact) mass is 682 g/mol. The van der Waals surface area contributed by atoms with Gasteiger partial charge in [0.25, 0.3) is 0 Å². The van der Waals surface area contributed by atoms with Crippen molar-refractivity contribution < 1.29 is 0 Å². The molecule has 0 amide bonds. The van der Waals surface area contributed by atoms with Crippen LogP contribution in [-0.2, 0) is 19.3 Å². The third-order valence-electron chi connectivity index (χ3n) is 11.1. The first-order chi connectivity index (χ1) is 24.3. The Morgan fingerprint density at radius 1 is 0.265 bits per heavy atom. The fraction of sp³-hybridized carbons (Fsp3) is 0.896. The van der Waals surface area contributed by atoms with Gasteiger partial charge in [-0.1, -0.05) is 245 Å². The molecule has 0 aromatic carbocycles. The molecule has 0 atom stereocenters. The van der Waals surface area contributed by atoms with Crippen LogP contribution in [0.2, 0.25) is 0 Å². The van der Waals surface area contributed by atoms with E-state index in [9.17, 15) is 0 Å². The molecule has 1 aromatic rings. The Hall–Kier alpha value is -0.850. The van der Waals surface area contributed by atoms with Gasteiger partial charge in [-0.3, -0.25) is 4.98 Å². The van der Waals surface area contributed by atoms with Crippen LogP contribution in [-0.4, -0.2) is 4.98 Å². The highest BCUT2D eigenvalue weighted by atomic mass is 14.7. The normalized spacial score (nSPS) is 11.6. The van der Waals surface area contributed by atoms with Crippen LogP contribution < -0.4 is 0 Å². The molecule has 0 saturated heterocycles. The molecule has 49 heavy (non-hydrogen) atoms. The van der Waals surface area contributed by atoms with Crippen molar-refractivity contribution in [3.63, 3.8) is 0 Å². The molecule has 0 aliphatic carbocycles. The molecule has 1 nitrogen and oxygen atoms in total. The zero-order valence-electron chi connectivity index (χ0n) is 34.4. The van der Waals surface area contributed by atoms with Gasteiger partial charge in [-0.05, 0) is 49.8 Å². The summed E-state index contributed by atoms with van der Waals surface area (Å²) in [5.74, 6) is 0. The van der Waals surface area contributed by atoms with Crippen molar-refractivity contribution in [2.24, 2.45) is 0 Å². The minimum absolute atomic E-state index is 1.18. The number of nitrogens with zero attached hydrogens (tertiary/aromatic N) is 1. The Balaban J connectivity index is 1.98. The van der Waals surface area contributed by atoms with E-state index in [1.54, 1.807) is 0 Å². The van der Waals surface area contributed by atoms with Gasteiger partial charge in [0.2, 0.25) is 0 Å². The van der Waals surface area contributed by atoms with Crippen molar-refractivity contribution in [2.45, 2.75) is 278 Å². The summed E-state index contributed by atoms with van der Waals surface area (Å²) in [6.45, 7) is 6.93. The maximum absolute atomic E-state index is 5.14. The van der Waals surface area contributed by atoms with E-state index in [-0.39, 0.29) is 0 Å². The molecule has 0 radical (unpaired) electrons. The topological polar surface area (TPSA) is 12.9 Å². The molecule has 1 rings (SSSR count). The lowest BCUT2D eigenvalue weighted by molar-refractivity contribution is 0.524. The fourth-order valence-electron chi connectivity index (χ4n) is 7.82. The average Bonchev–Trinajstić information content (AvgIpc) is 3.10. The predicted octanol–water partition coefficient (Wildman–Crippen LogP) is 17.2.